The van der Waals surface area contributed by atoms with E-state index in [1.54, 1.807) is 12.1 Å². The van der Waals surface area contributed by atoms with Crippen molar-refractivity contribution in [1.29, 1.82) is 0 Å². The number of anilines is 1. The molecule has 1 aromatic carbocycles. The number of rotatable bonds is 2. The van der Waals surface area contributed by atoms with E-state index in [9.17, 15) is 0 Å². The second-order valence-corrected chi connectivity index (χ2v) is 8.03. The van der Waals surface area contributed by atoms with Gasteiger partial charge in [0.15, 0.2) is 0 Å². The average molecular weight is 349 g/mol. The Bertz CT molecular complexity index is 539. The van der Waals surface area contributed by atoms with E-state index >= 15 is 0 Å². The number of hydrogen-bond acceptors (Lipinski definition) is 3. The molecule has 0 aliphatic carbocycles. The minimum atomic E-state index is 0.00977. The molecule has 0 radical (unpaired) electrons. The first-order valence-electron chi connectivity index (χ1n) is 6.83. The molecule has 116 valence electrons. The van der Waals surface area contributed by atoms with Crippen LogP contribution in [0.15, 0.2) is 17.2 Å². The molecule has 1 saturated heterocycles. The van der Waals surface area contributed by atoms with Crippen molar-refractivity contribution >= 4 is 46.2 Å². The quantitative estimate of drug-likeness (QED) is 0.706. The van der Waals surface area contributed by atoms with Gasteiger partial charge in [-0.2, -0.15) is 5.10 Å². The van der Waals surface area contributed by atoms with Gasteiger partial charge >= 0.3 is 0 Å². The number of nitrogens with zero attached hydrogens (tertiary/aromatic N) is 1. The molecule has 0 spiro atoms. The third-order valence-electron chi connectivity index (χ3n) is 3.30. The van der Waals surface area contributed by atoms with E-state index in [-0.39, 0.29) is 11.1 Å². The average Bonchev–Trinajstić information content (AvgIpc) is 2.22. The number of benzene rings is 1. The fourth-order valence-electron chi connectivity index (χ4n) is 2.95. The highest BCUT2D eigenvalue weighted by Gasteiger charge is 2.35. The minimum Gasteiger partial charge on any atom is -0.306 e. The Morgan fingerprint density at radius 3 is 1.95 bits per heavy atom. The number of hydrazone groups is 1. The summed E-state index contributed by atoms with van der Waals surface area (Å²) in [6.45, 7) is 8.69. The van der Waals surface area contributed by atoms with Crippen LogP contribution in [-0.4, -0.2) is 16.8 Å². The Kier molecular flexibility index (Phi) is 4.79. The summed E-state index contributed by atoms with van der Waals surface area (Å²) in [4.78, 5) is 0. The predicted molar refractivity (Wildman–Crippen MR) is 93.1 cm³/mol. The van der Waals surface area contributed by atoms with Gasteiger partial charge in [-0.3, -0.25) is 5.43 Å². The molecule has 1 heterocycles. The van der Waals surface area contributed by atoms with Crippen LogP contribution in [0.2, 0.25) is 15.1 Å². The molecule has 1 aromatic rings. The third-order valence-corrected chi connectivity index (χ3v) is 4.12. The van der Waals surface area contributed by atoms with Crippen LogP contribution < -0.4 is 10.7 Å². The predicted octanol–water partition coefficient (Wildman–Crippen LogP) is 5.36. The zero-order valence-corrected chi connectivity index (χ0v) is 14.9. The zero-order valence-electron chi connectivity index (χ0n) is 12.7. The van der Waals surface area contributed by atoms with Gasteiger partial charge in [0.05, 0.1) is 15.7 Å². The highest BCUT2D eigenvalue weighted by molar-refractivity contribution is 6.41. The van der Waals surface area contributed by atoms with E-state index < -0.39 is 0 Å². The molecule has 21 heavy (non-hydrogen) atoms. The van der Waals surface area contributed by atoms with Crippen LogP contribution in [0.5, 0.6) is 0 Å². The molecule has 0 saturated carbocycles. The van der Waals surface area contributed by atoms with E-state index in [0.717, 1.165) is 18.6 Å². The summed E-state index contributed by atoms with van der Waals surface area (Å²) in [7, 11) is 0. The first-order valence-corrected chi connectivity index (χ1v) is 7.97. The van der Waals surface area contributed by atoms with Crippen molar-refractivity contribution in [3.05, 3.63) is 27.2 Å². The lowest BCUT2D eigenvalue weighted by atomic mass is 9.81. The van der Waals surface area contributed by atoms with Gasteiger partial charge in [0.1, 0.15) is 0 Å². The number of nitrogens with one attached hydrogen (secondary N) is 2. The van der Waals surface area contributed by atoms with Gasteiger partial charge in [-0.1, -0.05) is 34.8 Å². The van der Waals surface area contributed by atoms with Gasteiger partial charge < -0.3 is 5.32 Å². The second-order valence-electron chi connectivity index (χ2n) is 6.78. The van der Waals surface area contributed by atoms with Gasteiger partial charge in [0.2, 0.25) is 0 Å². The molecule has 2 rings (SSSR count). The normalized spacial score (nSPS) is 20.2. The van der Waals surface area contributed by atoms with Crippen molar-refractivity contribution in [2.24, 2.45) is 5.10 Å². The van der Waals surface area contributed by atoms with E-state index in [2.05, 4.69) is 43.5 Å². The minimum absolute atomic E-state index is 0.00977. The fourth-order valence-corrected chi connectivity index (χ4v) is 3.85. The molecule has 0 amide bonds. The van der Waals surface area contributed by atoms with Crippen LogP contribution in [0.1, 0.15) is 40.5 Å². The Morgan fingerprint density at radius 1 is 1.00 bits per heavy atom. The summed E-state index contributed by atoms with van der Waals surface area (Å²) >= 11 is 18.2. The molecule has 2 N–H and O–H groups in total. The SMILES string of the molecule is CC1(C)CC(=NNc2c(Cl)cc(Cl)cc2Cl)CC(C)(C)N1. The largest absolute Gasteiger partial charge is 0.306 e. The Morgan fingerprint density at radius 2 is 1.48 bits per heavy atom. The highest BCUT2D eigenvalue weighted by atomic mass is 35.5. The van der Waals surface area contributed by atoms with Crippen molar-refractivity contribution in [1.82, 2.24) is 5.32 Å². The highest BCUT2D eigenvalue weighted by Crippen LogP contribution is 2.34. The molecule has 0 aromatic heterocycles. The molecule has 3 nitrogen and oxygen atoms in total. The molecular formula is C15H20Cl3N3. The maximum atomic E-state index is 6.15. The number of piperidine rings is 1. The maximum Gasteiger partial charge on any atom is 0.0935 e. The van der Waals surface area contributed by atoms with Crippen molar-refractivity contribution in [2.45, 2.75) is 51.6 Å². The lowest BCUT2D eigenvalue weighted by molar-refractivity contribution is 0.252. The van der Waals surface area contributed by atoms with E-state index in [0.29, 0.717) is 20.8 Å². The summed E-state index contributed by atoms with van der Waals surface area (Å²) in [6, 6.07) is 3.29. The van der Waals surface area contributed by atoms with Crippen LogP contribution >= 0.6 is 34.8 Å². The van der Waals surface area contributed by atoms with Gasteiger partial charge in [-0.25, -0.2) is 0 Å². The first kappa shape index (κ1) is 16.9. The molecular weight excluding hydrogens is 329 g/mol. The maximum absolute atomic E-state index is 6.15. The van der Waals surface area contributed by atoms with Crippen molar-refractivity contribution in [3.8, 4) is 0 Å². The fraction of sp³-hybridized carbons (Fsp3) is 0.533. The molecule has 1 aliphatic rings. The van der Waals surface area contributed by atoms with Gasteiger partial charge in [-0.05, 0) is 39.8 Å². The topological polar surface area (TPSA) is 36.4 Å². The van der Waals surface area contributed by atoms with Crippen molar-refractivity contribution < 1.29 is 0 Å². The van der Waals surface area contributed by atoms with Crippen LogP contribution in [0, 0.1) is 0 Å². The summed E-state index contributed by atoms with van der Waals surface area (Å²) in [6.07, 6.45) is 1.73. The summed E-state index contributed by atoms with van der Waals surface area (Å²) in [5, 5.41) is 9.55. The smallest absolute Gasteiger partial charge is 0.0935 e. The third kappa shape index (κ3) is 4.49. The van der Waals surface area contributed by atoms with E-state index in [1.165, 1.54) is 0 Å². The lowest BCUT2D eigenvalue weighted by Crippen LogP contribution is -2.58. The number of halogens is 3. The summed E-state index contributed by atoms with van der Waals surface area (Å²) < 4.78 is 0. The van der Waals surface area contributed by atoms with Crippen LogP contribution in [0.3, 0.4) is 0 Å². The Balaban J connectivity index is 2.21. The zero-order chi connectivity index (χ0) is 15.8. The molecule has 0 unspecified atom stereocenters. The molecule has 0 bridgehead atoms. The first-order chi connectivity index (χ1) is 9.58. The Labute approximate surface area is 141 Å². The lowest BCUT2D eigenvalue weighted by Gasteiger charge is -2.43. The van der Waals surface area contributed by atoms with Gasteiger partial charge in [0, 0.05) is 34.7 Å². The Hall–Kier alpha value is -0.480. The van der Waals surface area contributed by atoms with E-state index in [1.807, 2.05) is 0 Å². The molecule has 0 atom stereocenters. The molecule has 1 aliphatic heterocycles. The van der Waals surface area contributed by atoms with Crippen molar-refractivity contribution in [2.75, 3.05) is 5.43 Å². The second kappa shape index (κ2) is 5.96. The van der Waals surface area contributed by atoms with Crippen molar-refractivity contribution in [3.63, 3.8) is 0 Å². The summed E-state index contributed by atoms with van der Waals surface area (Å²) in [5.41, 5.74) is 4.69. The number of hydrogen-bond donors (Lipinski definition) is 2. The van der Waals surface area contributed by atoms with Gasteiger partial charge in [0.25, 0.3) is 0 Å². The van der Waals surface area contributed by atoms with Crippen LogP contribution in [0.4, 0.5) is 5.69 Å². The van der Waals surface area contributed by atoms with Crippen LogP contribution in [0.25, 0.3) is 0 Å². The van der Waals surface area contributed by atoms with Gasteiger partial charge in [-0.15, -0.1) is 0 Å². The van der Waals surface area contributed by atoms with Crippen LogP contribution in [-0.2, 0) is 0 Å². The standard InChI is InChI=1S/C15H20Cl3N3/c1-14(2)7-10(8-15(3,4)21-14)19-20-13-11(17)5-9(16)6-12(13)18/h5-6,20-21H,7-8H2,1-4H3. The summed E-state index contributed by atoms with van der Waals surface area (Å²) in [5.74, 6) is 0. The molecule has 6 heteroatoms. The van der Waals surface area contributed by atoms with E-state index in [4.69, 9.17) is 34.8 Å². The molecule has 1 fully saturated rings. The monoisotopic (exact) mass is 347 g/mol.